The molecule has 0 aliphatic carbocycles. The zero-order valence-corrected chi connectivity index (χ0v) is 12.0. The standard InChI is InChI=1S/C14H21N3S/c1-14(2,12-15)17-8-6-16(7-9-17)5-3-13-4-10-18-11-13/h4,10-11H,3,5-9H2,1-2H3. The smallest absolute Gasteiger partial charge is 0.103 e. The van der Waals surface area contributed by atoms with Crippen LogP contribution in [0.3, 0.4) is 0 Å². The molecule has 98 valence electrons. The molecular formula is C14H21N3S. The van der Waals surface area contributed by atoms with E-state index in [0.717, 1.165) is 39.1 Å². The molecule has 1 saturated heterocycles. The molecule has 0 spiro atoms. The lowest BCUT2D eigenvalue weighted by Gasteiger charge is -2.40. The maximum Gasteiger partial charge on any atom is 0.103 e. The summed E-state index contributed by atoms with van der Waals surface area (Å²) in [5.74, 6) is 0. The van der Waals surface area contributed by atoms with E-state index >= 15 is 0 Å². The number of piperazine rings is 1. The van der Waals surface area contributed by atoms with Crippen molar-refractivity contribution in [1.82, 2.24) is 9.80 Å². The predicted octanol–water partition coefficient (Wildman–Crippen LogP) is 2.21. The maximum atomic E-state index is 9.14. The molecule has 0 bridgehead atoms. The van der Waals surface area contributed by atoms with Crippen LogP contribution in [-0.2, 0) is 6.42 Å². The van der Waals surface area contributed by atoms with E-state index in [1.165, 1.54) is 5.56 Å². The first-order chi connectivity index (χ1) is 8.62. The van der Waals surface area contributed by atoms with Crippen LogP contribution in [0.1, 0.15) is 19.4 Å². The van der Waals surface area contributed by atoms with Crippen molar-refractivity contribution in [1.29, 1.82) is 5.26 Å². The summed E-state index contributed by atoms with van der Waals surface area (Å²) in [6, 6.07) is 4.60. The SMILES string of the molecule is CC(C)(C#N)N1CCN(CCc2ccsc2)CC1. The summed E-state index contributed by atoms with van der Waals surface area (Å²) < 4.78 is 0. The van der Waals surface area contributed by atoms with Crippen LogP contribution >= 0.6 is 11.3 Å². The van der Waals surface area contributed by atoms with Gasteiger partial charge in [-0.2, -0.15) is 16.6 Å². The Labute approximate surface area is 114 Å². The van der Waals surface area contributed by atoms with E-state index in [-0.39, 0.29) is 5.54 Å². The molecule has 18 heavy (non-hydrogen) atoms. The fraction of sp³-hybridized carbons (Fsp3) is 0.643. The quantitative estimate of drug-likeness (QED) is 0.834. The summed E-state index contributed by atoms with van der Waals surface area (Å²) in [7, 11) is 0. The normalized spacial score (nSPS) is 18.7. The van der Waals surface area contributed by atoms with Crippen LogP contribution in [0, 0.1) is 11.3 Å². The van der Waals surface area contributed by atoms with Gasteiger partial charge in [0.1, 0.15) is 5.54 Å². The maximum absolute atomic E-state index is 9.14. The molecule has 1 aromatic heterocycles. The average molecular weight is 263 g/mol. The van der Waals surface area contributed by atoms with Gasteiger partial charge in [-0.25, -0.2) is 0 Å². The van der Waals surface area contributed by atoms with Gasteiger partial charge in [-0.3, -0.25) is 4.90 Å². The molecule has 4 heteroatoms. The third-order valence-corrected chi connectivity index (χ3v) is 4.47. The molecule has 0 radical (unpaired) electrons. The second-order valence-corrected chi connectivity index (χ2v) is 6.16. The Morgan fingerprint density at radius 1 is 1.33 bits per heavy atom. The summed E-state index contributed by atoms with van der Waals surface area (Å²) in [5, 5.41) is 13.5. The third-order valence-electron chi connectivity index (χ3n) is 3.73. The Balaban J connectivity index is 1.75. The lowest BCUT2D eigenvalue weighted by Crippen LogP contribution is -2.54. The van der Waals surface area contributed by atoms with Gasteiger partial charge in [0, 0.05) is 32.7 Å². The van der Waals surface area contributed by atoms with Crippen molar-refractivity contribution in [2.75, 3.05) is 32.7 Å². The molecule has 1 aliphatic rings. The minimum Gasteiger partial charge on any atom is -0.300 e. The van der Waals surface area contributed by atoms with Gasteiger partial charge in [0.25, 0.3) is 0 Å². The van der Waals surface area contributed by atoms with E-state index in [0.29, 0.717) is 0 Å². The number of nitrogens with zero attached hydrogens (tertiary/aromatic N) is 3. The highest BCUT2D eigenvalue weighted by atomic mass is 32.1. The largest absolute Gasteiger partial charge is 0.300 e. The van der Waals surface area contributed by atoms with Gasteiger partial charge >= 0.3 is 0 Å². The molecule has 0 atom stereocenters. The van der Waals surface area contributed by atoms with Crippen molar-refractivity contribution in [2.45, 2.75) is 25.8 Å². The van der Waals surface area contributed by atoms with Crippen molar-refractivity contribution in [3.05, 3.63) is 22.4 Å². The van der Waals surface area contributed by atoms with E-state index in [1.54, 1.807) is 11.3 Å². The molecule has 0 amide bonds. The Morgan fingerprint density at radius 2 is 2.06 bits per heavy atom. The number of hydrogen-bond donors (Lipinski definition) is 0. The summed E-state index contributed by atoms with van der Waals surface area (Å²) in [4.78, 5) is 4.79. The molecule has 0 unspecified atom stereocenters. The van der Waals surface area contributed by atoms with Crippen LogP contribution in [-0.4, -0.2) is 48.1 Å². The zero-order valence-electron chi connectivity index (χ0n) is 11.2. The molecule has 0 saturated carbocycles. The van der Waals surface area contributed by atoms with Crippen molar-refractivity contribution >= 4 is 11.3 Å². The molecule has 0 N–H and O–H groups in total. The Bertz CT molecular complexity index is 397. The van der Waals surface area contributed by atoms with Gasteiger partial charge in [0.2, 0.25) is 0 Å². The summed E-state index contributed by atoms with van der Waals surface area (Å²) in [6.45, 7) is 9.32. The predicted molar refractivity (Wildman–Crippen MR) is 75.7 cm³/mol. The lowest BCUT2D eigenvalue weighted by molar-refractivity contribution is 0.0808. The Morgan fingerprint density at radius 3 is 2.61 bits per heavy atom. The second kappa shape index (κ2) is 5.83. The number of hydrogen-bond acceptors (Lipinski definition) is 4. The average Bonchev–Trinajstić information content (AvgIpc) is 2.90. The van der Waals surface area contributed by atoms with E-state index < -0.39 is 0 Å². The number of rotatable bonds is 4. The summed E-state index contributed by atoms with van der Waals surface area (Å²) in [5.41, 5.74) is 1.12. The molecule has 3 nitrogen and oxygen atoms in total. The van der Waals surface area contributed by atoms with Gasteiger partial charge < -0.3 is 4.90 Å². The number of thiophene rings is 1. The van der Waals surface area contributed by atoms with Crippen LogP contribution in [0.4, 0.5) is 0 Å². The van der Waals surface area contributed by atoms with Gasteiger partial charge in [-0.05, 0) is 42.7 Å². The molecule has 2 heterocycles. The number of nitriles is 1. The van der Waals surface area contributed by atoms with Crippen molar-refractivity contribution in [2.24, 2.45) is 0 Å². The molecule has 1 aromatic rings. The Kier molecular flexibility index (Phi) is 4.39. The molecular weight excluding hydrogens is 242 g/mol. The summed E-state index contributed by atoms with van der Waals surface area (Å²) >= 11 is 1.77. The first-order valence-corrected chi connectivity index (χ1v) is 7.46. The third kappa shape index (κ3) is 3.32. The topological polar surface area (TPSA) is 30.3 Å². The van der Waals surface area contributed by atoms with Crippen LogP contribution in [0.25, 0.3) is 0 Å². The van der Waals surface area contributed by atoms with E-state index in [1.807, 2.05) is 13.8 Å². The van der Waals surface area contributed by atoms with E-state index in [4.69, 9.17) is 5.26 Å². The van der Waals surface area contributed by atoms with E-state index in [2.05, 4.69) is 32.7 Å². The fourth-order valence-corrected chi connectivity index (χ4v) is 3.03. The lowest BCUT2D eigenvalue weighted by atomic mass is 10.0. The van der Waals surface area contributed by atoms with Crippen molar-refractivity contribution in [3.63, 3.8) is 0 Å². The van der Waals surface area contributed by atoms with Crippen LogP contribution < -0.4 is 0 Å². The molecule has 0 aromatic carbocycles. The van der Waals surface area contributed by atoms with Gasteiger partial charge in [0.05, 0.1) is 6.07 Å². The monoisotopic (exact) mass is 263 g/mol. The zero-order chi connectivity index (χ0) is 13.0. The van der Waals surface area contributed by atoms with Crippen molar-refractivity contribution < 1.29 is 0 Å². The van der Waals surface area contributed by atoms with Gasteiger partial charge in [-0.1, -0.05) is 0 Å². The first kappa shape index (κ1) is 13.5. The molecule has 1 aliphatic heterocycles. The highest BCUT2D eigenvalue weighted by Gasteiger charge is 2.29. The first-order valence-electron chi connectivity index (χ1n) is 6.51. The van der Waals surface area contributed by atoms with Gasteiger partial charge in [0.15, 0.2) is 0 Å². The highest BCUT2D eigenvalue weighted by molar-refractivity contribution is 7.07. The van der Waals surface area contributed by atoms with E-state index in [9.17, 15) is 0 Å². The van der Waals surface area contributed by atoms with Crippen LogP contribution in [0.15, 0.2) is 16.8 Å². The Hall–Kier alpha value is -0.890. The summed E-state index contributed by atoms with van der Waals surface area (Å²) in [6.07, 6.45) is 1.14. The minimum absolute atomic E-state index is 0.320. The second-order valence-electron chi connectivity index (χ2n) is 5.38. The van der Waals surface area contributed by atoms with Crippen molar-refractivity contribution in [3.8, 4) is 6.07 Å². The minimum atomic E-state index is -0.320. The molecule has 2 rings (SSSR count). The van der Waals surface area contributed by atoms with Crippen LogP contribution in [0.5, 0.6) is 0 Å². The van der Waals surface area contributed by atoms with Crippen LogP contribution in [0.2, 0.25) is 0 Å². The van der Waals surface area contributed by atoms with Gasteiger partial charge in [-0.15, -0.1) is 0 Å². The fourth-order valence-electron chi connectivity index (χ4n) is 2.32. The molecule has 1 fully saturated rings. The highest BCUT2D eigenvalue weighted by Crippen LogP contribution is 2.16.